The van der Waals surface area contributed by atoms with E-state index in [9.17, 15) is 9.59 Å². The number of esters is 1. The quantitative estimate of drug-likeness (QED) is 0.721. The Bertz CT molecular complexity index is 852. The van der Waals surface area contributed by atoms with Gasteiger partial charge in [-0.2, -0.15) is 5.26 Å². The van der Waals surface area contributed by atoms with Crippen molar-refractivity contribution in [2.24, 2.45) is 0 Å². The maximum atomic E-state index is 12.9. The van der Waals surface area contributed by atoms with E-state index in [-0.39, 0.29) is 5.91 Å². The third-order valence-corrected chi connectivity index (χ3v) is 4.61. The largest absolute Gasteiger partial charge is 0.479 e. The first kappa shape index (κ1) is 19.4. The van der Waals surface area contributed by atoms with Crippen LogP contribution in [0.4, 0.5) is 0 Å². The van der Waals surface area contributed by atoms with Gasteiger partial charge < -0.3 is 14.4 Å². The van der Waals surface area contributed by atoms with Crippen LogP contribution in [0.3, 0.4) is 0 Å². The summed E-state index contributed by atoms with van der Waals surface area (Å²) in [7, 11) is 0. The number of likely N-dealkylation sites (tertiary alicyclic amines) is 1. The number of hydrogen-bond donors (Lipinski definition) is 0. The van der Waals surface area contributed by atoms with E-state index in [4.69, 9.17) is 14.7 Å². The number of nitrogens with zero attached hydrogens (tertiary/aromatic N) is 2. The van der Waals surface area contributed by atoms with Gasteiger partial charge in [-0.3, -0.25) is 4.79 Å². The Kier molecular flexibility index (Phi) is 6.28. The van der Waals surface area contributed by atoms with Gasteiger partial charge >= 0.3 is 5.97 Å². The molecule has 0 unspecified atom stereocenters. The molecule has 0 radical (unpaired) electrons. The second-order valence-electron chi connectivity index (χ2n) is 6.66. The average molecular weight is 378 g/mol. The van der Waals surface area contributed by atoms with Crippen molar-refractivity contribution in [2.75, 3.05) is 13.1 Å². The van der Waals surface area contributed by atoms with Crippen molar-refractivity contribution in [3.8, 4) is 11.8 Å². The molecule has 144 valence electrons. The fraction of sp³-hybridized carbons (Fsp3) is 0.318. The second-order valence-corrected chi connectivity index (χ2v) is 6.66. The molecule has 0 N–H and O–H groups in total. The van der Waals surface area contributed by atoms with Gasteiger partial charge in [0.15, 0.2) is 6.10 Å². The Hall–Kier alpha value is -3.33. The van der Waals surface area contributed by atoms with Crippen molar-refractivity contribution < 1.29 is 19.1 Å². The number of rotatable bonds is 6. The topological polar surface area (TPSA) is 79.6 Å². The van der Waals surface area contributed by atoms with Crippen molar-refractivity contribution in [1.29, 1.82) is 5.26 Å². The Labute approximate surface area is 164 Å². The summed E-state index contributed by atoms with van der Waals surface area (Å²) in [6.07, 6.45) is 0.0306. The number of benzene rings is 2. The molecule has 1 aliphatic heterocycles. The lowest BCUT2D eigenvalue weighted by Gasteiger charge is -2.25. The van der Waals surface area contributed by atoms with E-state index < -0.39 is 18.2 Å². The number of amides is 1. The summed E-state index contributed by atoms with van der Waals surface area (Å²) < 4.78 is 11.2. The maximum Gasteiger partial charge on any atom is 0.348 e. The number of nitriles is 1. The molecule has 1 heterocycles. The Balaban J connectivity index is 1.70. The third kappa shape index (κ3) is 4.68. The molecule has 6 nitrogen and oxygen atoms in total. The van der Waals surface area contributed by atoms with Crippen LogP contribution in [0, 0.1) is 11.3 Å². The zero-order chi connectivity index (χ0) is 19.9. The van der Waals surface area contributed by atoms with Crippen molar-refractivity contribution in [2.45, 2.75) is 32.0 Å². The van der Waals surface area contributed by atoms with E-state index in [0.29, 0.717) is 30.0 Å². The molecule has 2 aromatic carbocycles. The number of carbonyl (C=O) groups excluding carboxylic acids is 2. The maximum absolute atomic E-state index is 12.9. The summed E-state index contributed by atoms with van der Waals surface area (Å²) >= 11 is 0. The highest BCUT2D eigenvalue weighted by Crippen LogP contribution is 2.24. The summed E-state index contributed by atoms with van der Waals surface area (Å²) in [6.45, 7) is 2.93. The van der Waals surface area contributed by atoms with Crippen molar-refractivity contribution in [1.82, 2.24) is 4.90 Å². The molecule has 28 heavy (non-hydrogen) atoms. The smallest absolute Gasteiger partial charge is 0.348 e. The molecule has 1 aliphatic rings. The number of carbonyl (C=O) groups is 2. The van der Waals surface area contributed by atoms with E-state index in [2.05, 4.69) is 0 Å². The van der Waals surface area contributed by atoms with Crippen molar-refractivity contribution in [3.63, 3.8) is 0 Å². The van der Waals surface area contributed by atoms with Gasteiger partial charge in [-0.25, -0.2) is 4.79 Å². The standard InChI is InChI=1S/C22H22N2O4/c1-16(27-19-11-9-17(15-23)10-12-19)22(26)28-20(18-7-3-2-4-8-18)21(25)24-13-5-6-14-24/h2-4,7-12,16,20H,5-6,13-14H2,1H3/t16-,20-/m1/s1. The van der Waals surface area contributed by atoms with Crippen LogP contribution in [0.5, 0.6) is 5.75 Å². The van der Waals surface area contributed by atoms with Crippen molar-refractivity contribution >= 4 is 11.9 Å². The molecule has 6 heteroatoms. The molecule has 0 spiro atoms. The van der Waals surface area contributed by atoms with Crippen LogP contribution in [-0.4, -0.2) is 36.0 Å². The van der Waals surface area contributed by atoms with Gasteiger partial charge in [0, 0.05) is 18.7 Å². The first-order chi connectivity index (χ1) is 13.6. The fourth-order valence-electron chi connectivity index (χ4n) is 3.06. The summed E-state index contributed by atoms with van der Waals surface area (Å²) in [6, 6.07) is 17.5. The normalized spacial score (nSPS) is 15.4. The minimum absolute atomic E-state index is 0.206. The molecule has 0 saturated carbocycles. The van der Waals surface area contributed by atoms with E-state index in [1.165, 1.54) is 0 Å². The molecular formula is C22H22N2O4. The van der Waals surface area contributed by atoms with Crippen molar-refractivity contribution in [3.05, 3.63) is 65.7 Å². The molecule has 3 rings (SSSR count). The predicted molar refractivity (Wildman–Crippen MR) is 102 cm³/mol. The highest BCUT2D eigenvalue weighted by Gasteiger charge is 2.32. The molecular weight excluding hydrogens is 356 g/mol. The minimum atomic E-state index is -0.987. The van der Waals surface area contributed by atoms with Gasteiger partial charge in [-0.1, -0.05) is 30.3 Å². The lowest BCUT2D eigenvalue weighted by atomic mass is 10.1. The molecule has 1 amide bonds. The summed E-state index contributed by atoms with van der Waals surface area (Å²) in [5.74, 6) is -0.376. The summed E-state index contributed by atoms with van der Waals surface area (Å²) in [5.41, 5.74) is 1.14. The highest BCUT2D eigenvalue weighted by atomic mass is 16.6. The van der Waals surface area contributed by atoms with Crippen LogP contribution in [0.1, 0.15) is 37.0 Å². The van der Waals surface area contributed by atoms with Crippen LogP contribution in [0.15, 0.2) is 54.6 Å². The van der Waals surface area contributed by atoms with Gasteiger partial charge in [0.05, 0.1) is 11.6 Å². The minimum Gasteiger partial charge on any atom is -0.479 e. The average Bonchev–Trinajstić information content (AvgIpc) is 3.27. The lowest BCUT2D eigenvalue weighted by molar-refractivity contribution is -0.165. The van der Waals surface area contributed by atoms with Gasteiger partial charge in [-0.05, 0) is 44.0 Å². The molecule has 1 saturated heterocycles. The molecule has 2 atom stereocenters. The summed E-state index contributed by atoms with van der Waals surface area (Å²) in [5, 5.41) is 8.85. The Morgan fingerprint density at radius 3 is 2.29 bits per heavy atom. The lowest BCUT2D eigenvalue weighted by Crippen LogP contribution is -2.37. The predicted octanol–water partition coefficient (Wildman–Crippen LogP) is 3.23. The highest BCUT2D eigenvalue weighted by molar-refractivity contribution is 5.86. The molecule has 1 fully saturated rings. The van der Waals surface area contributed by atoms with E-state index in [1.54, 1.807) is 48.2 Å². The van der Waals surface area contributed by atoms with Gasteiger partial charge in [0.2, 0.25) is 6.10 Å². The number of ether oxygens (including phenoxy) is 2. The van der Waals surface area contributed by atoms with Crippen LogP contribution in [0.25, 0.3) is 0 Å². The van der Waals surface area contributed by atoms with Crippen LogP contribution in [0.2, 0.25) is 0 Å². The Morgan fingerprint density at radius 2 is 1.68 bits per heavy atom. The van der Waals surface area contributed by atoms with Crippen LogP contribution >= 0.6 is 0 Å². The SMILES string of the molecule is C[C@@H](Oc1ccc(C#N)cc1)C(=O)O[C@@H](C(=O)N1CCCC1)c1ccccc1. The molecule has 0 aromatic heterocycles. The molecule has 2 aromatic rings. The zero-order valence-electron chi connectivity index (χ0n) is 15.7. The van der Waals surface area contributed by atoms with Gasteiger partial charge in [-0.15, -0.1) is 0 Å². The van der Waals surface area contributed by atoms with Gasteiger partial charge in [0.25, 0.3) is 5.91 Å². The zero-order valence-corrected chi connectivity index (χ0v) is 15.7. The van der Waals surface area contributed by atoms with E-state index in [1.807, 2.05) is 24.3 Å². The molecule has 0 bridgehead atoms. The van der Waals surface area contributed by atoms with E-state index >= 15 is 0 Å². The summed E-state index contributed by atoms with van der Waals surface area (Å²) in [4.78, 5) is 27.2. The Morgan fingerprint density at radius 1 is 1.04 bits per heavy atom. The van der Waals surface area contributed by atoms with Crippen LogP contribution < -0.4 is 4.74 Å². The van der Waals surface area contributed by atoms with Crippen LogP contribution in [-0.2, 0) is 14.3 Å². The molecule has 0 aliphatic carbocycles. The monoisotopic (exact) mass is 378 g/mol. The third-order valence-electron chi connectivity index (χ3n) is 4.61. The van der Waals surface area contributed by atoms with Gasteiger partial charge in [0.1, 0.15) is 5.75 Å². The second kappa shape index (κ2) is 9.05. The fourth-order valence-corrected chi connectivity index (χ4v) is 3.06. The first-order valence-electron chi connectivity index (χ1n) is 9.29. The number of hydrogen-bond acceptors (Lipinski definition) is 5. The first-order valence-corrected chi connectivity index (χ1v) is 9.29. The van der Waals surface area contributed by atoms with E-state index in [0.717, 1.165) is 12.8 Å².